The summed E-state index contributed by atoms with van der Waals surface area (Å²) in [7, 11) is 1.65. The Morgan fingerprint density at radius 1 is 1.07 bits per heavy atom. The van der Waals surface area contributed by atoms with Gasteiger partial charge in [0, 0.05) is 46.5 Å². The average molecular weight is 552 g/mol. The van der Waals surface area contributed by atoms with Crippen LogP contribution in [0, 0.1) is 11.3 Å². The van der Waals surface area contributed by atoms with Crippen molar-refractivity contribution in [3.05, 3.63) is 47.2 Å². The van der Waals surface area contributed by atoms with Crippen molar-refractivity contribution in [1.82, 2.24) is 4.98 Å². The van der Waals surface area contributed by atoms with Crippen LogP contribution in [0.4, 0.5) is 0 Å². The van der Waals surface area contributed by atoms with Crippen LogP contribution in [0.1, 0.15) is 58.2 Å². The number of carbonyl (C=O) groups is 1. The number of ether oxygens (including phenoxy) is 5. The van der Waals surface area contributed by atoms with Gasteiger partial charge in [-0.3, -0.25) is 4.79 Å². The molecule has 3 heterocycles. The number of nitrogens with one attached hydrogen (secondary N) is 1. The normalized spacial score (nSPS) is 40.9. The highest BCUT2D eigenvalue weighted by Crippen LogP contribution is 2.72. The van der Waals surface area contributed by atoms with Crippen LogP contribution in [0.15, 0.2) is 35.9 Å². The Labute approximate surface area is 235 Å². The number of aliphatic hydroxyl groups is 1. The second-order valence-electron chi connectivity index (χ2n) is 13.3. The largest absolute Gasteiger partial charge is 0.382 e. The lowest BCUT2D eigenvalue weighted by Crippen LogP contribution is -2.74. The second-order valence-corrected chi connectivity index (χ2v) is 13.3. The molecule has 8 nitrogen and oxygen atoms in total. The van der Waals surface area contributed by atoms with E-state index in [1.807, 2.05) is 13.8 Å². The van der Waals surface area contributed by atoms with Gasteiger partial charge < -0.3 is 33.8 Å². The molecule has 0 radical (unpaired) electrons. The van der Waals surface area contributed by atoms with Gasteiger partial charge in [0.05, 0.1) is 32.5 Å². The zero-order valence-electron chi connectivity index (χ0n) is 24.2. The number of benzene rings is 1. The van der Waals surface area contributed by atoms with Gasteiger partial charge in [-0.2, -0.15) is 0 Å². The maximum Gasteiger partial charge on any atom is 0.195 e. The standard InChI is InChI=1S/C32H41NO7/c1-28(2)27-23(34)18-24-31(39-27,40-28)11-10-29(3)30(4)19(16-21-20-8-6-7-9-22(20)33-26(21)30)17-25(32(24,29)35)38-15-14-37-13-12-36-5/h6-9,18-19,25,27,33,35H,10-17H2,1-5H3/t19-,25+,27?,29?,30-,31?,32+/m1/s1. The number of ketones is 1. The van der Waals surface area contributed by atoms with Crippen LogP contribution in [-0.4, -0.2) is 78.6 Å². The zero-order chi connectivity index (χ0) is 28.1. The molecule has 2 bridgehead atoms. The second kappa shape index (κ2) is 8.72. The van der Waals surface area contributed by atoms with Gasteiger partial charge in [-0.1, -0.05) is 32.0 Å². The van der Waals surface area contributed by atoms with Gasteiger partial charge in [-0.25, -0.2) is 0 Å². The Morgan fingerprint density at radius 2 is 1.85 bits per heavy atom. The number of methoxy groups -OCH3 is 1. The number of para-hydroxylation sites is 1. The van der Waals surface area contributed by atoms with E-state index in [1.165, 1.54) is 16.6 Å². The van der Waals surface area contributed by atoms with Crippen molar-refractivity contribution in [2.75, 3.05) is 33.5 Å². The van der Waals surface area contributed by atoms with Gasteiger partial charge in [-0.05, 0) is 56.7 Å². The Morgan fingerprint density at radius 3 is 2.65 bits per heavy atom. The quantitative estimate of drug-likeness (QED) is 0.502. The molecule has 1 saturated heterocycles. The average Bonchev–Trinajstić information content (AvgIpc) is 3.50. The molecule has 8 heteroatoms. The van der Waals surface area contributed by atoms with Crippen LogP contribution in [0.3, 0.4) is 0 Å². The summed E-state index contributed by atoms with van der Waals surface area (Å²) < 4.78 is 30.4. The van der Waals surface area contributed by atoms with E-state index in [0.717, 1.165) is 11.9 Å². The number of aromatic amines is 1. The fourth-order valence-corrected chi connectivity index (χ4v) is 9.08. The van der Waals surface area contributed by atoms with E-state index in [9.17, 15) is 9.90 Å². The summed E-state index contributed by atoms with van der Waals surface area (Å²) in [6.07, 6.45) is 3.18. The van der Waals surface area contributed by atoms with E-state index < -0.39 is 34.6 Å². The number of hydrogen-bond acceptors (Lipinski definition) is 7. The number of hydrogen-bond donors (Lipinski definition) is 2. The third-order valence-electron chi connectivity index (χ3n) is 11.2. The molecular formula is C32H41NO7. The molecule has 1 aromatic heterocycles. The monoisotopic (exact) mass is 551 g/mol. The van der Waals surface area contributed by atoms with Gasteiger partial charge >= 0.3 is 0 Å². The van der Waals surface area contributed by atoms with Crippen LogP contribution in [0.25, 0.3) is 10.9 Å². The minimum atomic E-state index is -1.50. The predicted octanol–water partition coefficient (Wildman–Crippen LogP) is 3.98. The van der Waals surface area contributed by atoms with Crippen LogP contribution in [0.5, 0.6) is 0 Å². The molecule has 5 aliphatic rings. The molecule has 216 valence electrons. The molecular weight excluding hydrogens is 510 g/mol. The lowest BCUT2D eigenvalue weighted by Gasteiger charge is -2.67. The van der Waals surface area contributed by atoms with Crippen molar-refractivity contribution in [3.63, 3.8) is 0 Å². The van der Waals surface area contributed by atoms with Gasteiger partial charge in [0.15, 0.2) is 17.7 Å². The first-order valence-corrected chi connectivity index (χ1v) is 14.7. The zero-order valence-corrected chi connectivity index (χ0v) is 24.2. The summed E-state index contributed by atoms with van der Waals surface area (Å²) in [6.45, 7) is 10.0. The maximum atomic E-state index is 13.5. The van der Waals surface area contributed by atoms with Crippen molar-refractivity contribution in [2.45, 2.75) is 88.0 Å². The van der Waals surface area contributed by atoms with Crippen molar-refractivity contribution in [1.29, 1.82) is 0 Å². The van der Waals surface area contributed by atoms with Crippen LogP contribution in [-0.2, 0) is 40.3 Å². The minimum absolute atomic E-state index is 0.155. The highest BCUT2D eigenvalue weighted by molar-refractivity contribution is 5.97. The SMILES string of the molecule is COCCOCCO[C@H]1C[C@H]2Cc3c([nH]c4ccccc34)[C@]2(C)C2(C)CCC34OC(C(=O)C=C3[C@]12O)C(C)(C)O4. The summed E-state index contributed by atoms with van der Waals surface area (Å²) in [5, 5.41) is 14.5. The van der Waals surface area contributed by atoms with Crippen LogP contribution >= 0.6 is 0 Å². The minimum Gasteiger partial charge on any atom is -0.382 e. The first-order chi connectivity index (χ1) is 19.0. The third kappa shape index (κ3) is 3.21. The molecule has 2 aliphatic heterocycles. The number of rotatable bonds is 7. The van der Waals surface area contributed by atoms with E-state index >= 15 is 0 Å². The van der Waals surface area contributed by atoms with E-state index in [4.69, 9.17) is 23.7 Å². The van der Waals surface area contributed by atoms with E-state index in [2.05, 4.69) is 43.1 Å². The molecule has 40 heavy (non-hydrogen) atoms. The first kappa shape index (κ1) is 26.8. The molecule has 1 spiro atoms. The van der Waals surface area contributed by atoms with Crippen molar-refractivity contribution in [2.24, 2.45) is 11.3 Å². The van der Waals surface area contributed by atoms with Crippen LogP contribution in [0.2, 0.25) is 0 Å². The van der Waals surface area contributed by atoms with Crippen molar-refractivity contribution in [3.8, 4) is 0 Å². The highest BCUT2D eigenvalue weighted by Gasteiger charge is 2.78. The third-order valence-corrected chi connectivity index (χ3v) is 11.2. The molecule has 7 atom stereocenters. The Kier molecular flexibility index (Phi) is 5.85. The van der Waals surface area contributed by atoms with Crippen molar-refractivity contribution < 1.29 is 33.6 Å². The Hall–Kier alpha value is -2.07. The van der Waals surface area contributed by atoms with Crippen molar-refractivity contribution >= 4 is 16.7 Å². The summed E-state index contributed by atoms with van der Waals surface area (Å²) in [5.41, 5.74) is 0.839. The lowest BCUT2D eigenvalue weighted by molar-refractivity contribution is -0.281. The number of H-pyrrole nitrogens is 1. The molecule has 3 unspecified atom stereocenters. The molecule has 7 rings (SSSR count). The maximum absolute atomic E-state index is 13.5. The molecule has 1 aromatic carbocycles. The molecule has 2 N–H and O–H groups in total. The van der Waals surface area contributed by atoms with E-state index in [1.54, 1.807) is 13.2 Å². The van der Waals surface area contributed by atoms with Gasteiger partial charge in [-0.15, -0.1) is 0 Å². The summed E-state index contributed by atoms with van der Waals surface area (Å²) in [5.74, 6) is -1.04. The lowest BCUT2D eigenvalue weighted by atomic mass is 9.41. The molecule has 3 fully saturated rings. The van der Waals surface area contributed by atoms with E-state index in [0.29, 0.717) is 51.3 Å². The molecule has 2 aromatic rings. The smallest absolute Gasteiger partial charge is 0.195 e. The fourth-order valence-electron chi connectivity index (χ4n) is 9.08. The Balaban J connectivity index is 1.34. The summed E-state index contributed by atoms with van der Waals surface area (Å²) in [4.78, 5) is 17.2. The summed E-state index contributed by atoms with van der Waals surface area (Å²) in [6, 6.07) is 8.45. The number of aromatic nitrogens is 1. The number of fused-ring (bicyclic) bond motifs is 9. The predicted molar refractivity (Wildman–Crippen MR) is 148 cm³/mol. The molecule has 2 saturated carbocycles. The van der Waals surface area contributed by atoms with Gasteiger partial charge in [0.2, 0.25) is 0 Å². The van der Waals surface area contributed by atoms with E-state index in [-0.39, 0.29) is 17.1 Å². The topological polar surface area (TPSA) is 99.2 Å². The first-order valence-electron chi connectivity index (χ1n) is 14.7. The fraction of sp³-hybridized carbons (Fsp3) is 0.656. The van der Waals surface area contributed by atoms with Gasteiger partial charge in [0.25, 0.3) is 0 Å². The highest BCUT2D eigenvalue weighted by atomic mass is 16.8. The number of carbonyl (C=O) groups excluding carboxylic acids is 1. The Bertz CT molecular complexity index is 1400. The molecule has 3 aliphatic carbocycles. The molecule has 0 amide bonds. The summed E-state index contributed by atoms with van der Waals surface area (Å²) >= 11 is 0. The van der Waals surface area contributed by atoms with Crippen LogP contribution < -0.4 is 0 Å². The van der Waals surface area contributed by atoms with Gasteiger partial charge in [0.1, 0.15) is 11.2 Å².